The van der Waals surface area contributed by atoms with Crippen molar-refractivity contribution >= 4 is 50.9 Å². The highest BCUT2D eigenvalue weighted by atomic mass is 79.9. The molecule has 0 saturated heterocycles. The van der Waals surface area contributed by atoms with E-state index in [9.17, 15) is 14.4 Å². The van der Waals surface area contributed by atoms with E-state index in [1.54, 1.807) is 24.3 Å². The summed E-state index contributed by atoms with van der Waals surface area (Å²) in [6.45, 7) is 0. The molecule has 0 spiro atoms. The van der Waals surface area contributed by atoms with Gasteiger partial charge in [-0.1, -0.05) is 34.1 Å². The third kappa shape index (κ3) is 4.19. The molecule has 146 valence electrons. The first kappa shape index (κ1) is 18.9. The molecule has 0 saturated carbocycles. The molecule has 9 heteroatoms. The molecule has 4 N–H and O–H groups in total. The monoisotopic (exact) mass is 453 g/mol. The van der Waals surface area contributed by atoms with Crippen molar-refractivity contribution in [1.82, 2.24) is 9.97 Å². The van der Waals surface area contributed by atoms with E-state index in [1.165, 1.54) is 0 Å². The molecular weight excluding hydrogens is 438 g/mol. The smallest absolute Gasteiger partial charge is 0.258 e. The van der Waals surface area contributed by atoms with E-state index in [0.717, 1.165) is 10.2 Å². The highest BCUT2D eigenvalue weighted by Crippen LogP contribution is 2.30. The molecule has 0 radical (unpaired) electrons. The Bertz CT molecular complexity index is 1130. The summed E-state index contributed by atoms with van der Waals surface area (Å²) in [5.41, 5.74) is 0.946. The molecule has 1 aromatic heterocycles. The number of hydrogen-bond donors (Lipinski definition) is 4. The number of aromatic amines is 1. The van der Waals surface area contributed by atoms with Gasteiger partial charge in [0.2, 0.25) is 17.8 Å². The Kier molecular flexibility index (Phi) is 5.13. The third-order valence-corrected chi connectivity index (χ3v) is 4.94. The first-order valence-corrected chi connectivity index (χ1v) is 9.61. The number of carbonyl (C=O) groups excluding carboxylic acids is 2. The van der Waals surface area contributed by atoms with Crippen molar-refractivity contribution in [1.29, 1.82) is 0 Å². The van der Waals surface area contributed by atoms with Gasteiger partial charge in [0.05, 0.1) is 11.5 Å². The number of nitrogens with one attached hydrogen (secondary N) is 4. The van der Waals surface area contributed by atoms with Crippen molar-refractivity contribution in [2.75, 3.05) is 16.0 Å². The minimum Gasteiger partial charge on any atom is -0.326 e. The molecule has 1 unspecified atom stereocenters. The van der Waals surface area contributed by atoms with Crippen LogP contribution in [-0.4, -0.2) is 21.8 Å². The predicted octanol–water partition coefficient (Wildman–Crippen LogP) is 3.34. The van der Waals surface area contributed by atoms with Crippen LogP contribution >= 0.6 is 15.9 Å². The van der Waals surface area contributed by atoms with Crippen LogP contribution in [0.1, 0.15) is 17.9 Å². The molecule has 2 amide bonds. The third-order valence-electron chi connectivity index (χ3n) is 4.42. The van der Waals surface area contributed by atoms with Gasteiger partial charge in [0.25, 0.3) is 5.56 Å². The van der Waals surface area contributed by atoms with Crippen LogP contribution in [0.15, 0.2) is 63.9 Å². The van der Waals surface area contributed by atoms with Gasteiger partial charge in [0.15, 0.2) is 0 Å². The maximum absolute atomic E-state index is 12.8. The average molecular weight is 454 g/mol. The lowest BCUT2D eigenvalue weighted by Gasteiger charge is -2.23. The molecule has 4 rings (SSSR count). The van der Waals surface area contributed by atoms with Gasteiger partial charge in [-0.2, -0.15) is 4.98 Å². The Morgan fingerprint density at radius 3 is 2.48 bits per heavy atom. The summed E-state index contributed by atoms with van der Waals surface area (Å²) < 4.78 is 0.872. The van der Waals surface area contributed by atoms with Crippen molar-refractivity contribution in [3.05, 3.63) is 75.0 Å². The zero-order chi connectivity index (χ0) is 20.4. The molecule has 1 atom stereocenters. The minimum absolute atomic E-state index is 0.0828. The number of halogens is 1. The van der Waals surface area contributed by atoms with E-state index in [1.807, 2.05) is 30.3 Å². The Balaban J connectivity index is 1.63. The Morgan fingerprint density at radius 2 is 1.76 bits per heavy atom. The number of fused-ring (bicyclic) bond motifs is 1. The molecule has 2 aromatic carbocycles. The van der Waals surface area contributed by atoms with Crippen molar-refractivity contribution in [3.8, 4) is 0 Å². The van der Waals surface area contributed by atoms with Crippen molar-refractivity contribution in [3.63, 3.8) is 0 Å². The summed E-state index contributed by atoms with van der Waals surface area (Å²) in [6.07, 6.45) is -0.133. The number of benzene rings is 2. The predicted molar refractivity (Wildman–Crippen MR) is 113 cm³/mol. The summed E-state index contributed by atoms with van der Waals surface area (Å²) >= 11 is 3.33. The summed E-state index contributed by atoms with van der Waals surface area (Å²) in [4.78, 5) is 44.6. The van der Waals surface area contributed by atoms with Gasteiger partial charge in [-0.25, -0.2) is 0 Å². The van der Waals surface area contributed by atoms with Crippen LogP contribution in [0.3, 0.4) is 0 Å². The van der Waals surface area contributed by atoms with Crippen LogP contribution in [-0.2, 0) is 9.59 Å². The van der Waals surface area contributed by atoms with E-state index in [2.05, 4.69) is 41.8 Å². The summed E-state index contributed by atoms with van der Waals surface area (Å²) in [7, 11) is 0. The van der Waals surface area contributed by atoms with Crippen LogP contribution in [0.2, 0.25) is 0 Å². The number of nitrogens with zero attached hydrogens (tertiary/aromatic N) is 1. The highest BCUT2D eigenvalue weighted by Gasteiger charge is 2.34. The zero-order valence-corrected chi connectivity index (χ0v) is 16.6. The topological polar surface area (TPSA) is 116 Å². The van der Waals surface area contributed by atoms with Crippen LogP contribution in [0.25, 0.3) is 0 Å². The molecule has 29 heavy (non-hydrogen) atoms. The number of carbonyl (C=O) groups is 2. The lowest BCUT2D eigenvalue weighted by Crippen LogP contribution is -2.36. The van der Waals surface area contributed by atoms with Crippen LogP contribution in [0.4, 0.5) is 23.1 Å². The Labute approximate surface area is 173 Å². The van der Waals surface area contributed by atoms with Gasteiger partial charge in [-0.05, 0) is 36.4 Å². The molecular formula is C20H16BrN5O3. The second-order valence-electron chi connectivity index (χ2n) is 6.47. The van der Waals surface area contributed by atoms with E-state index < -0.39 is 17.4 Å². The molecule has 1 aliphatic heterocycles. The number of amides is 2. The summed E-state index contributed by atoms with van der Waals surface area (Å²) in [6, 6.07) is 16.2. The fourth-order valence-corrected chi connectivity index (χ4v) is 3.34. The van der Waals surface area contributed by atoms with Gasteiger partial charge in [0.1, 0.15) is 5.82 Å². The maximum atomic E-state index is 12.8. The maximum Gasteiger partial charge on any atom is 0.258 e. The normalized spacial score (nSPS) is 15.2. The van der Waals surface area contributed by atoms with Crippen LogP contribution in [0.5, 0.6) is 0 Å². The van der Waals surface area contributed by atoms with E-state index in [0.29, 0.717) is 5.69 Å². The lowest BCUT2D eigenvalue weighted by molar-refractivity contribution is -0.123. The molecule has 0 aliphatic carbocycles. The average Bonchev–Trinajstić information content (AvgIpc) is 2.69. The second kappa shape index (κ2) is 7.88. The fourth-order valence-electron chi connectivity index (χ4n) is 3.08. The summed E-state index contributed by atoms with van der Waals surface area (Å²) in [5.74, 6) is -1.50. The molecule has 3 aromatic rings. The number of aromatic nitrogens is 2. The number of rotatable bonds is 4. The lowest BCUT2D eigenvalue weighted by atomic mass is 9.92. The van der Waals surface area contributed by atoms with E-state index >= 15 is 0 Å². The van der Waals surface area contributed by atoms with Crippen molar-refractivity contribution < 1.29 is 9.59 Å². The number of para-hydroxylation sites is 1. The molecule has 2 heterocycles. The number of hydrogen-bond acceptors (Lipinski definition) is 5. The number of anilines is 4. The summed E-state index contributed by atoms with van der Waals surface area (Å²) in [5, 5.41) is 8.31. The zero-order valence-electron chi connectivity index (χ0n) is 15.0. The second-order valence-corrected chi connectivity index (χ2v) is 7.38. The van der Waals surface area contributed by atoms with Gasteiger partial charge in [-0.3, -0.25) is 19.4 Å². The SMILES string of the molecule is O=C1CC(C(=O)Nc2ccc(Br)cc2)c2c(nc(Nc3ccccc3)[nH]c2=O)N1. The van der Waals surface area contributed by atoms with Gasteiger partial charge >= 0.3 is 0 Å². The Hall–Kier alpha value is -3.46. The molecule has 0 bridgehead atoms. The standard InChI is InChI=1S/C20H16BrN5O3/c21-11-6-8-13(9-7-11)22-18(28)14-10-15(27)24-17-16(14)19(29)26-20(25-17)23-12-4-2-1-3-5-12/h1-9,14H,10H2,(H,22,28)(H3,23,24,25,26,27,29). The Morgan fingerprint density at radius 1 is 1.03 bits per heavy atom. The first-order chi connectivity index (χ1) is 14.0. The number of H-pyrrole nitrogens is 1. The highest BCUT2D eigenvalue weighted by molar-refractivity contribution is 9.10. The molecule has 1 aliphatic rings. The molecule has 8 nitrogen and oxygen atoms in total. The van der Waals surface area contributed by atoms with Crippen molar-refractivity contribution in [2.45, 2.75) is 12.3 Å². The molecule has 0 fully saturated rings. The van der Waals surface area contributed by atoms with Crippen LogP contribution < -0.4 is 21.5 Å². The quantitative estimate of drug-likeness (QED) is 0.483. The minimum atomic E-state index is -0.940. The fraction of sp³-hybridized carbons (Fsp3) is 0.100. The largest absolute Gasteiger partial charge is 0.326 e. The van der Waals surface area contributed by atoms with Crippen LogP contribution in [0, 0.1) is 0 Å². The van der Waals surface area contributed by atoms with Crippen molar-refractivity contribution in [2.24, 2.45) is 0 Å². The van der Waals surface area contributed by atoms with Gasteiger partial charge in [-0.15, -0.1) is 0 Å². The first-order valence-electron chi connectivity index (χ1n) is 8.82. The van der Waals surface area contributed by atoms with E-state index in [4.69, 9.17) is 0 Å². The van der Waals surface area contributed by atoms with Gasteiger partial charge in [0, 0.05) is 22.3 Å². The van der Waals surface area contributed by atoms with Gasteiger partial charge < -0.3 is 16.0 Å². The van der Waals surface area contributed by atoms with E-state index in [-0.39, 0.29) is 29.7 Å².